The minimum atomic E-state index is -3.78. The predicted octanol–water partition coefficient (Wildman–Crippen LogP) is 3.44. The van der Waals surface area contributed by atoms with Crippen LogP contribution in [0.2, 0.25) is 0 Å². The molecule has 1 atom stereocenters. The highest BCUT2D eigenvalue weighted by molar-refractivity contribution is 7.89. The van der Waals surface area contributed by atoms with Crippen LogP contribution in [-0.4, -0.2) is 58.1 Å². The van der Waals surface area contributed by atoms with Crippen molar-refractivity contribution in [3.63, 3.8) is 0 Å². The molecule has 1 saturated heterocycles. The van der Waals surface area contributed by atoms with Gasteiger partial charge in [0, 0.05) is 24.7 Å². The summed E-state index contributed by atoms with van der Waals surface area (Å²) in [6, 6.07) is 4.86. The quantitative estimate of drug-likeness (QED) is 0.652. The fraction of sp³-hybridized carbons (Fsp3) is 0.720. The van der Waals surface area contributed by atoms with E-state index in [-0.39, 0.29) is 28.0 Å². The third kappa shape index (κ3) is 4.19. The lowest BCUT2D eigenvalue weighted by Crippen LogP contribution is -2.56. The van der Waals surface area contributed by atoms with E-state index in [9.17, 15) is 13.2 Å². The van der Waals surface area contributed by atoms with Crippen molar-refractivity contribution in [2.45, 2.75) is 62.8 Å². The third-order valence-corrected chi connectivity index (χ3v) is 10.5. The van der Waals surface area contributed by atoms with Gasteiger partial charge in [-0.05, 0) is 86.3 Å². The number of amides is 1. The Morgan fingerprint density at radius 3 is 2.30 bits per heavy atom. The number of morpholine rings is 1. The van der Waals surface area contributed by atoms with E-state index in [1.165, 1.54) is 56.0 Å². The topological polar surface area (TPSA) is 84.9 Å². The molecule has 1 amide bonds. The molecule has 4 bridgehead atoms. The number of sulfonamides is 1. The predicted molar refractivity (Wildman–Crippen MR) is 125 cm³/mol. The number of methoxy groups -OCH3 is 1. The maximum atomic E-state index is 13.4. The maximum absolute atomic E-state index is 13.4. The Labute approximate surface area is 197 Å². The Bertz CT molecular complexity index is 967. The van der Waals surface area contributed by atoms with Gasteiger partial charge in [0.2, 0.25) is 10.0 Å². The van der Waals surface area contributed by atoms with Crippen molar-refractivity contribution in [1.29, 1.82) is 0 Å². The average Bonchev–Trinajstić information content (AvgIpc) is 2.81. The van der Waals surface area contributed by atoms with Crippen LogP contribution in [-0.2, 0) is 14.8 Å². The first-order chi connectivity index (χ1) is 15.8. The first-order valence-corrected chi connectivity index (χ1v) is 13.9. The Kier molecular flexibility index (Phi) is 6.20. The average molecular weight is 477 g/mol. The van der Waals surface area contributed by atoms with Gasteiger partial charge in [-0.3, -0.25) is 4.79 Å². The number of benzene rings is 1. The van der Waals surface area contributed by atoms with Crippen molar-refractivity contribution < 1.29 is 22.7 Å². The van der Waals surface area contributed by atoms with E-state index in [2.05, 4.69) is 12.2 Å². The summed E-state index contributed by atoms with van der Waals surface area (Å²) < 4.78 is 38.7. The number of nitrogens with zero attached hydrogens (tertiary/aromatic N) is 1. The fourth-order valence-corrected chi connectivity index (χ4v) is 9.07. The van der Waals surface area contributed by atoms with Crippen LogP contribution in [0.15, 0.2) is 23.1 Å². The molecule has 0 spiro atoms. The van der Waals surface area contributed by atoms with Crippen LogP contribution >= 0.6 is 0 Å². The number of rotatable bonds is 7. The van der Waals surface area contributed by atoms with Gasteiger partial charge in [0.25, 0.3) is 5.91 Å². The highest BCUT2D eigenvalue weighted by Gasteiger charge is 2.54. The molecular weight excluding hydrogens is 440 g/mol. The summed E-state index contributed by atoms with van der Waals surface area (Å²) in [4.78, 5) is 13.4. The van der Waals surface area contributed by atoms with Gasteiger partial charge in [-0.15, -0.1) is 0 Å². The van der Waals surface area contributed by atoms with Crippen molar-refractivity contribution in [3.8, 4) is 5.75 Å². The van der Waals surface area contributed by atoms with Crippen LogP contribution in [0.4, 0.5) is 0 Å². The minimum Gasteiger partial charge on any atom is -0.495 e. The highest BCUT2D eigenvalue weighted by Crippen LogP contribution is 2.61. The van der Waals surface area contributed by atoms with Gasteiger partial charge in [0.05, 0.1) is 20.3 Å². The van der Waals surface area contributed by atoms with Crippen LogP contribution in [0.25, 0.3) is 0 Å². The lowest BCUT2D eigenvalue weighted by atomic mass is 9.47. The van der Waals surface area contributed by atoms with Crippen LogP contribution in [0.3, 0.4) is 0 Å². The number of carbonyl (C=O) groups excluding carboxylic acids is 1. The van der Waals surface area contributed by atoms with Crippen molar-refractivity contribution >= 4 is 15.9 Å². The molecule has 182 valence electrons. The molecule has 4 saturated carbocycles. The molecule has 33 heavy (non-hydrogen) atoms. The van der Waals surface area contributed by atoms with E-state index in [1.54, 1.807) is 12.1 Å². The van der Waals surface area contributed by atoms with Gasteiger partial charge in [0.1, 0.15) is 10.6 Å². The molecule has 1 aliphatic heterocycles. The fourth-order valence-electron chi connectivity index (χ4n) is 7.48. The molecule has 1 heterocycles. The summed E-state index contributed by atoms with van der Waals surface area (Å²) in [6.07, 6.45) is 8.65. The zero-order valence-corrected chi connectivity index (χ0v) is 20.5. The van der Waals surface area contributed by atoms with Crippen LogP contribution < -0.4 is 10.1 Å². The second-order valence-corrected chi connectivity index (χ2v) is 12.5. The van der Waals surface area contributed by atoms with E-state index >= 15 is 0 Å². The summed E-state index contributed by atoms with van der Waals surface area (Å²) in [5, 5.41) is 3.33. The van der Waals surface area contributed by atoms with Gasteiger partial charge >= 0.3 is 0 Å². The van der Waals surface area contributed by atoms with Crippen molar-refractivity contribution in [2.24, 2.45) is 23.2 Å². The Morgan fingerprint density at radius 1 is 1.15 bits per heavy atom. The maximum Gasteiger partial charge on any atom is 0.251 e. The van der Waals surface area contributed by atoms with Gasteiger partial charge in [0.15, 0.2) is 0 Å². The van der Waals surface area contributed by atoms with Gasteiger partial charge in [-0.2, -0.15) is 4.31 Å². The summed E-state index contributed by atoms with van der Waals surface area (Å²) in [5.41, 5.74) is 0.569. The van der Waals surface area contributed by atoms with E-state index < -0.39 is 10.0 Å². The first kappa shape index (κ1) is 23.1. The Hall–Kier alpha value is -1.64. The van der Waals surface area contributed by atoms with Crippen LogP contribution in [0, 0.1) is 23.2 Å². The van der Waals surface area contributed by atoms with Crippen molar-refractivity contribution in [2.75, 3.05) is 33.4 Å². The monoisotopic (exact) mass is 476 g/mol. The largest absolute Gasteiger partial charge is 0.495 e. The highest BCUT2D eigenvalue weighted by atomic mass is 32.2. The molecule has 4 aliphatic carbocycles. The van der Waals surface area contributed by atoms with Crippen LogP contribution in [0.1, 0.15) is 62.2 Å². The molecule has 1 N–H and O–H groups in total. The van der Waals surface area contributed by atoms with E-state index in [0.717, 1.165) is 24.2 Å². The molecule has 5 fully saturated rings. The number of hydrogen-bond acceptors (Lipinski definition) is 5. The molecule has 0 aromatic heterocycles. The number of ether oxygens (including phenoxy) is 2. The SMILES string of the molecule is CC[C@@H](NC(=O)c1ccc(OC)c(S(=O)(=O)N2CCOCC2)c1)C12CC3CC(CC(C3)C1)C2. The zero-order valence-electron chi connectivity index (χ0n) is 19.7. The molecule has 0 unspecified atom stereocenters. The second kappa shape index (κ2) is 8.86. The van der Waals surface area contributed by atoms with Gasteiger partial charge in [-0.1, -0.05) is 6.92 Å². The van der Waals surface area contributed by atoms with E-state index in [4.69, 9.17) is 9.47 Å². The van der Waals surface area contributed by atoms with Gasteiger partial charge < -0.3 is 14.8 Å². The van der Waals surface area contributed by atoms with Crippen LogP contribution in [0.5, 0.6) is 5.75 Å². The standard InChI is InChI=1S/C25H36N2O5S/c1-3-23(25-14-17-10-18(15-25)12-19(11-17)16-25)26-24(28)20-4-5-21(31-2)22(13-20)33(29,30)27-6-8-32-9-7-27/h4-5,13,17-19,23H,3,6-12,14-16H2,1-2H3,(H,26,28)/t17?,18?,19?,23-,25?/m1/s1. The summed E-state index contributed by atoms with van der Waals surface area (Å²) >= 11 is 0. The smallest absolute Gasteiger partial charge is 0.251 e. The van der Waals surface area contributed by atoms with Crippen molar-refractivity contribution in [1.82, 2.24) is 9.62 Å². The lowest BCUT2D eigenvalue weighted by molar-refractivity contribution is -0.0727. The minimum absolute atomic E-state index is 0.0439. The number of nitrogens with one attached hydrogen (secondary N) is 1. The second-order valence-electron chi connectivity index (χ2n) is 10.6. The zero-order chi connectivity index (χ0) is 23.2. The molecule has 6 rings (SSSR count). The molecule has 1 aromatic carbocycles. The first-order valence-electron chi connectivity index (χ1n) is 12.4. The Morgan fingerprint density at radius 2 is 1.76 bits per heavy atom. The third-order valence-electron chi connectivity index (χ3n) is 8.55. The lowest BCUT2D eigenvalue weighted by Gasteiger charge is -2.59. The van der Waals surface area contributed by atoms with Crippen molar-refractivity contribution in [3.05, 3.63) is 23.8 Å². The summed E-state index contributed by atoms with van der Waals surface area (Å²) in [5.74, 6) is 2.50. The number of hydrogen-bond donors (Lipinski definition) is 1. The van der Waals surface area contributed by atoms with E-state index in [1.807, 2.05) is 0 Å². The molecular formula is C25H36N2O5S. The molecule has 7 nitrogen and oxygen atoms in total. The molecule has 0 radical (unpaired) electrons. The molecule has 8 heteroatoms. The van der Waals surface area contributed by atoms with E-state index in [0.29, 0.717) is 31.9 Å². The Balaban J connectivity index is 1.39. The molecule has 1 aromatic rings. The number of carbonyl (C=O) groups is 1. The van der Waals surface area contributed by atoms with Gasteiger partial charge in [-0.25, -0.2) is 8.42 Å². The normalized spacial score (nSPS) is 32.5. The summed E-state index contributed by atoms with van der Waals surface area (Å²) in [6.45, 7) is 3.49. The summed E-state index contributed by atoms with van der Waals surface area (Å²) in [7, 11) is -2.33. The molecule has 5 aliphatic rings.